The summed E-state index contributed by atoms with van der Waals surface area (Å²) in [7, 11) is 0. The normalized spacial score (nSPS) is 28.5. The molecular weight excluding hydrogens is 480 g/mol. The molecule has 3 aliphatic rings. The van der Waals surface area contributed by atoms with Crippen LogP contribution in [0, 0.1) is 0 Å². The maximum absolute atomic E-state index is 11.2. The number of hydrogen-bond donors (Lipinski definition) is 3. The Balaban J connectivity index is 1.31. The van der Waals surface area contributed by atoms with Crippen molar-refractivity contribution in [3.05, 3.63) is 35.4 Å². The van der Waals surface area contributed by atoms with Crippen molar-refractivity contribution in [3.63, 3.8) is 0 Å². The number of carboxylic acid groups (broad SMARTS) is 2. The van der Waals surface area contributed by atoms with Gasteiger partial charge < -0.3 is 19.7 Å². The van der Waals surface area contributed by atoms with E-state index in [4.69, 9.17) is 24.5 Å². The molecule has 0 saturated carbocycles. The number of aliphatic carboxylic acids is 2. The topological polar surface area (TPSA) is 133 Å². The average Bonchev–Trinajstić information content (AvgIpc) is 3.31. The SMILES string of the molecule is C[C@@H]1CN(N=Cc2ccc(C3C[C@@H](CC4(OCC(=O)O)CCN(CC(=O)O)CC4)ON3)cc2)C[C@H](C)O1. The maximum Gasteiger partial charge on any atom is 0.329 e. The van der Waals surface area contributed by atoms with E-state index in [9.17, 15) is 9.59 Å². The van der Waals surface area contributed by atoms with Gasteiger partial charge in [0.15, 0.2) is 0 Å². The predicted molar refractivity (Wildman–Crippen MR) is 135 cm³/mol. The van der Waals surface area contributed by atoms with Crippen molar-refractivity contribution in [1.82, 2.24) is 15.4 Å². The van der Waals surface area contributed by atoms with Gasteiger partial charge in [0, 0.05) is 19.5 Å². The molecule has 1 unspecified atom stereocenters. The van der Waals surface area contributed by atoms with Gasteiger partial charge in [0.2, 0.25) is 0 Å². The number of likely N-dealkylation sites (tertiary alicyclic amines) is 1. The second-order valence-electron chi connectivity index (χ2n) is 10.4. The van der Waals surface area contributed by atoms with E-state index in [0.717, 1.165) is 30.6 Å². The number of benzene rings is 1. The van der Waals surface area contributed by atoms with Crippen LogP contribution < -0.4 is 5.48 Å². The fraction of sp³-hybridized carbons (Fsp3) is 0.654. The molecular formula is C26H38N4O7. The number of hydrogen-bond acceptors (Lipinski definition) is 9. The molecule has 0 aliphatic carbocycles. The van der Waals surface area contributed by atoms with Crippen LogP contribution in [0.3, 0.4) is 0 Å². The Morgan fingerprint density at radius 1 is 1.14 bits per heavy atom. The molecule has 3 aliphatic heterocycles. The molecule has 4 rings (SSSR count). The Labute approximate surface area is 217 Å². The lowest BCUT2D eigenvalue weighted by molar-refractivity contribution is -0.159. The molecule has 0 radical (unpaired) electrons. The smallest absolute Gasteiger partial charge is 0.329 e. The van der Waals surface area contributed by atoms with Crippen molar-refractivity contribution in [2.24, 2.45) is 5.10 Å². The van der Waals surface area contributed by atoms with Gasteiger partial charge in [-0.15, -0.1) is 0 Å². The Morgan fingerprint density at radius 2 is 1.81 bits per heavy atom. The highest BCUT2D eigenvalue weighted by atomic mass is 16.7. The van der Waals surface area contributed by atoms with Crippen molar-refractivity contribution in [2.75, 3.05) is 39.3 Å². The number of carboxylic acids is 2. The first-order valence-corrected chi connectivity index (χ1v) is 12.9. The highest BCUT2D eigenvalue weighted by Gasteiger charge is 2.41. The average molecular weight is 519 g/mol. The van der Waals surface area contributed by atoms with Crippen molar-refractivity contribution >= 4 is 18.2 Å². The first kappa shape index (κ1) is 27.5. The molecule has 1 aromatic rings. The summed E-state index contributed by atoms with van der Waals surface area (Å²) in [5.74, 6) is -1.88. The van der Waals surface area contributed by atoms with Crippen LogP contribution in [0.1, 0.15) is 56.7 Å². The molecule has 3 heterocycles. The lowest BCUT2D eigenvalue weighted by atomic mass is 9.84. The number of hydrazone groups is 1. The standard InChI is InChI=1S/C26H38N4O7/c1-18-14-30(15-19(2)36-18)27-13-20-3-5-21(6-4-20)23-11-22(37-28-23)12-26(35-17-25(33)34)7-9-29(10-8-26)16-24(31)32/h3-6,13,18-19,22-23,28H,7-12,14-17H2,1-2H3,(H,31,32)(H,33,34)/t18-,19+,22-,23?/m0/s1. The van der Waals surface area contributed by atoms with E-state index in [2.05, 4.69) is 36.6 Å². The van der Waals surface area contributed by atoms with Crippen LogP contribution in [-0.4, -0.2) is 102 Å². The van der Waals surface area contributed by atoms with E-state index in [-0.39, 0.29) is 37.5 Å². The summed E-state index contributed by atoms with van der Waals surface area (Å²) < 4.78 is 11.6. The minimum atomic E-state index is -1.02. The van der Waals surface area contributed by atoms with Gasteiger partial charge in [-0.2, -0.15) is 10.6 Å². The minimum Gasteiger partial charge on any atom is -0.480 e. The zero-order chi connectivity index (χ0) is 26.4. The predicted octanol–water partition coefficient (Wildman–Crippen LogP) is 1.87. The molecule has 3 fully saturated rings. The molecule has 204 valence electrons. The number of morpholine rings is 1. The number of ether oxygens (including phenoxy) is 2. The first-order chi connectivity index (χ1) is 17.7. The zero-order valence-corrected chi connectivity index (χ0v) is 21.5. The highest BCUT2D eigenvalue weighted by Crippen LogP contribution is 2.36. The van der Waals surface area contributed by atoms with E-state index in [1.807, 2.05) is 28.3 Å². The van der Waals surface area contributed by atoms with Crippen molar-refractivity contribution in [2.45, 2.75) is 69.5 Å². The summed E-state index contributed by atoms with van der Waals surface area (Å²) in [6.07, 6.45) is 4.46. The fourth-order valence-electron chi connectivity index (χ4n) is 5.42. The third kappa shape index (κ3) is 7.96. The summed E-state index contributed by atoms with van der Waals surface area (Å²) >= 11 is 0. The largest absolute Gasteiger partial charge is 0.480 e. The summed E-state index contributed by atoms with van der Waals surface area (Å²) in [6.45, 7) is 6.34. The van der Waals surface area contributed by atoms with Gasteiger partial charge in [0.1, 0.15) is 6.61 Å². The second kappa shape index (κ2) is 12.3. The van der Waals surface area contributed by atoms with Gasteiger partial charge >= 0.3 is 11.9 Å². The third-order valence-electron chi connectivity index (χ3n) is 7.21. The van der Waals surface area contributed by atoms with Crippen molar-refractivity contribution < 1.29 is 34.1 Å². The van der Waals surface area contributed by atoms with Crippen LogP contribution in [0.2, 0.25) is 0 Å². The van der Waals surface area contributed by atoms with Gasteiger partial charge in [0.05, 0.1) is 55.8 Å². The van der Waals surface area contributed by atoms with Crippen LogP contribution in [-0.2, 0) is 23.9 Å². The Bertz CT molecular complexity index is 939. The molecule has 3 N–H and O–H groups in total. The molecule has 11 heteroatoms. The van der Waals surface area contributed by atoms with Gasteiger partial charge in [-0.25, -0.2) is 4.79 Å². The molecule has 3 saturated heterocycles. The third-order valence-corrected chi connectivity index (χ3v) is 7.21. The molecule has 0 aromatic heterocycles. The van der Waals surface area contributed by atoms with Gasteiger partial charge in [0.25, 0.3) is 0 Å². The van der Waals surface area contributed by atoms with E-state index in [1.165, 1.54) is 0 Å². The number of carbonyl (C=O) groups is 2. The quantitative estimate of drug-likeness (QED) is 0.394. The second-order valence-corrected chi connectivity index (χ2v) is 10.4. The number of rotatable bonds is 10. The Hall–Kier alpha value is -2.57. The van der Waals surface area contributed by atoms with Crippen molar-refractivity contribution in [3.8, 4) is 0 Å². The Kier molecular flexibility index (Phi) is 9.14. The van der Waals surface area contributed by atoms with E-state index in [0.29, 0.717) is 32.4 Å². The molecule has 1 aromatic carbocycles. The minimum absolute atomic E-state index is 0.0144. The molecule has 0 spiro atoms. The van der Waals surface area contributed by atoms with E-state index >= 15 is 0 Å². The fourth-order valence-corrected chi connectivity index (χ4v) is 5.42. The summed E-state index contributed by atoms with van der Waals surface area (Å²) in [5, 5.41) is 24.9. The number of nitrogens with zero attached hydrogens (tertiary/aromatic N) is 3. The van der Waals surface area contributed by atoms with Gasteiger partial charge in [-0.3, -0.25) is 19.5 Å². The number of nitrogens with one attached hydrogen (secondary N) is 1. The summed E-state index contributed by atoms with van der Waals surface area (Å²) in [4.78, 5) is 30.0. The molecule has 0 bridgehead atoms. The number of piperidine rings is 1. The summed E-state index contributed by atoms with van der Waals surface area (Å²) in [5.41, 5.74) is 4.59. The van der Waals surface area contributed by atoms with Gasteiger partial charge in [-0.05, 0) is 44.2 Å². The lowest BCUT2D eigenvalue weighted by Crippen LogP contribution is -2.49. The first-order valence-electron chi connectivity index (χ1n) is 12.9. The van der Waals surface area contributed by atoms with Crippen LogP contribution in [0.4, 0.5) is 0 Å². The molecule has 4 atom stereocenters. The van der Waals surface area contributed by atoms with Crippen LogP contribution in [0.5, 0.6) is 0 Å². The van der Waals surface area contributed by atoms with Crippen LogP contribution in [0.15, 0.2) is 29.4 Å². The number of hydroxylamine groups is 1. The highest BCUT2D eigenvalue weighted by molar-refractivity contribution is 5.79. The van der Waals surface area contributed by atoms with Crippen LogP contribution >= 0.6 is 0 Å². The van der Waals surface area contributed by atoms with Crippen LogP contribution in [0.25, 0.3) is 0 Å². The Morgan fingerprint density at radius 3 is 2.43 bits per heavy atom. The van der Waals surface area contributed by atoms with Crippen molar-refractivity contribution in [1.29, 1.82) is 0 Å². The zero-order valence-electron chi connectivity index (χ0n) is 21.5. The molecule has 37 heavy (non-hydrogen) atoms. The van der Waals surface area contributed by atoms with E-state index < -0.39 is 17.5 Å². The molecule has 0 amide bonds. The maximum atomic E-state index is 11.2. The van der Waals surface area contributed by atoms with Gasteiger partial charge in [-0.1, -0.05) is 24.3 Å². The molecule has 11 nitrogen and oxygen atoms in total. The van der Waals surface area contributed by atoms with E-state index in [1.54, 1.807) is 0 Å². The lowest BCUT2D eigenvalue weighted by Gasteiger charge is -2.42. The summed E-state index contributed by atoms with van der Waals surface area (Å²) in [6, 6.07) is 8.22. The monoisotopic (exact) mass is 518 g/mol.